The van der Waals surface area contributed by atoms with Crippen LogP contribution in [-0.4, -0.2) is 11.9 Å². The first-order valence-corrected chi connectivity index (χ1v) is 5.42. The summed E-state index contributed by atoms with van der Waals surface area (Å²) in [6.45, 7) is 5.69. The van der Waals surface area contributed by atoms with Gasteiger partial charge in [0, 0.05) is 0 Å². The molecule has 0 radical (unpaired) electrons. The number of para-hydroxylation sites is 1. The van der Waals surface area contributed by atoms with Crippen molar-refractivity contribution < 1.29 is 4.79 Å². The molecule has 0 unspecified atom stereocenters. The molecule has 1 aromatic rings. The summed E-state index contributed by atoms with van der Waals surface area (Å²) in [5, 5.41) is 11.6. The Hall–Kier alpha value is -1.86. The smallest absolute Gasteiger partial charge is 0.241 e. The van der Waals surface area contributed by atoms with Crippen molar-refractivity contribution in [3.63, 3.8) is 0 Å². The molecule has 0 fully saturated rings. The van der Waals surface area contributed by atoms with Crippen LogP contribution in [0.25, 0.3) is 0 Å². The lowest BCUT2D eigenvalue weighted by Gasteiger charge is -2.25. The van der Waals surface area contributed by atoms with E-state index in [2.05, 4.69) is 5.32 Å². The highest BCUT2D eigenvalue weighted by molar-refractivity contribution is 5.96. The Bertz CT molecular complexity index is 454. The fourth-order valence-corrected chi connectivity index (χ4v) is 1.29. The lowest BCUT2D eigenvalue weighted by molar-refractivity contribution is -0.119. The number of hydrogen-bond donors (Lipinski definition) is 2. The molecule has 1 atom stereocenters. The third-order valence-corrected chi connectivity index (χ3v) is 2.52. The van der Waals surface area contributed by atoms with Gasteiger partial charge in [-0.25, -0.2) is 0 Å². The van der Waals surface area contributed by atoms with Gasteiger partial charge in [0.2, 0.25) is 5.91 Å². The highest BCUT2D eigenvalue weighted by atomic mass is 16.2. The molecule has 0 aliphatic carbocycles. The molecular formula is C13H17N3O. The van der Waals surface area contributed by atoms with Crippen LogP contribution in [0.4, 0.5) is 5.69 Å². The van der Waals surface area contributed by atoms with E-state index in [9.17, 15) is 4.79 Å². The van der Waals surface area contributed by atoms with Crippen molar-refractivity contribution in [3.05, 3.63) is 29.8 Å². The zero-order valence-electron chi connectivity index (χ0n) is 10.3. The molecule has 4 heteroatoms. The molecule has 90 valence electrons. The van der Waals surface area contributed by atoms with Gasteiger partial charge in [-0.2, -0.15) is 5.26 Å². The SMILES string of the molecule is CC(C)(C)[C@@H](N)C(=O)Nc1ccccc1C#N. The molecule has 1 amide bonds. The summed E-state index contributed by atoms with van der Waals surface area (Å²) in [5.41, 5.74) is 6.46. The summed E-state index contributed by atoms with van der Waals surface area (Å²) in [4.78, 5) is 11.9. The second-order valence-electron chi connectivity index (χ2n) is 4.99. The van der Waals surface area contributed by atoms with Gasteiger partial charge in [0.15, 0.2) is 0 Å². The van der Waals surface area contributed by atoms with Gasteiger partial charge in [-0.05, 0) is 17.5 Å². The van der Waals surface area contributed by atoms with Crippen molar-refractivity contribution in [1.29, 1.82) is 5.26 Å². The quantitative estimate of drug-likeness (QED) is 0.815. The van der Waals surface area contributed by atoms with E-state index in [-0.39, 0.29) is 11.3 Å². The lowest BCUT2D eigenvalue weighted by atomic mass is 9.87. The van der Waals surface area contributed by atoms with Crippen LogP contribution in [0, 0.1) is 16.7 Å². The Morgan fingerprint density at radius 1 is 1.41 bits per heavy atom. The fraction of sp³-hybridized carbons (Fsp3) is 0.385. The Kier molecular flexibility index (Phi) is 3.87. The highest BCUT2D eigenvalue weighted by Crippen LogP contribution is 2.20. The Labute approximate surface area is 101 Å². The molecule has 0 bridgehead atoms. The van der Waals surface area contributed by atoms with Crippen molar-refractivity contribution in [2.75, 3.05) is 5.32 Å². The number of anilines is 1. The van der Waals surface area contributed by atoms with Crippen LogP contribution in [0.3, 0.4) is 0 Å². The van der Waals surface area contributed by atoms with Gasteiger partial charge in [0.1, 0.15) is 6.07 Å². The van der Waals surface area contributed by atoms with Crippen molar-refractivity contribution >= 4 is 11.6 Å². The minimum absolute atomic E-state index is 0.278. The van der Waals surface area contributed by atoms with E-state index in [1.54, 1.807) is 24.3 Å². The summed E-state index contributed by atoms with van der Waals surface area (Å²) in [6.07, 6.45) is 0. The van der Waals surface area contributed by atoms with Gasteiger partial charge in [0.05, 0.1) is 17.3 Å². The summed E-state index contributed by atoms with van der Waals surface area (Å²) in [7, 11) is 0. The van der Waals surface area contributed by atoms with E-state index in [4.69, 9.17) is 11.0 Å². The largest absolute Gasteiger partial charge is 0.324 e. The van der Waals surface area contributed by atoms with E-state index < -0.39 is 6.04 Å². The summed E-state index contributed by atoms with van der Waals surface area (Å²) in [6, 6.07) is 8.25. The second-order valence-corrected chi connectivity index (χ2v) is 4.99. The van der Waals surface area contributed by atoms with Gasteiger partial charge < -0.3 is 11.1 Å². The van der Waals surface area contributed by atoms with E-state index >= 15 is 0 Å². The van der Waals surface area contributed by atoms with E-state index in [1.165, 1.54) is 0 Å². The van der Waals surface area contributed by atoms with Crippen molar-refractivity contribution in [2.24, 2.45) is 11.1 Å². The lowest BCUT2D eigenvalue weighted by Crippen LogP contribution is -2.45. The number of rotatable bonds is 2. The molecule has 0 aromatic heterocycles. The monoisotopic (exact) mass is 231 g/mol. The number of hydrogen-bond acceptors (Lipinski definition) is 3. The number of amides is 1. The predicted octanol–water partition coefficient (Wildman–Crippen LogP) is 1.87. The Morgan fingerprint density at radius 3 is 2.53 bits per heavy atom. The number of benzene rings is 1. The van der Waals surface area contributed by atoms with E-state index in [0.29, 0.717) is 11.3 Å². The molecule has 17 heavy (non-hydrogen) atoms. The molecule has 0 heterocycles. The third-order valence-electron chi connectivity index (χ3n) is 2.52. The minimum atomic E-state index is -0.616. The molecule has 0 saturated heterocycles. The van der Waals surface area contributed by atoms with Crippen LogP contribution >= 0.6 is 0 Å². The van der Waals surface area contributed by atoms with Gasteiger partial charge in [-0.1, -0.05) is 32.9 Å². The van der Waals surface area contributed by atoms with Crippen molar-refractivity contribution in [1.82, 2.24) is 0 Å². The van der Waals surface area contributed by atoms with Gasteiger partial charge >= 0.3 is 0 Å². The first-order valence-electron chi connectivity index (χ1n) is 5.42. The van der Waals surface area contributed by atoms with E-state index in [0.717, 1.165) is 0 Å². The van der Waals surface area contributed by atoms with Crippen LogP contribution < -0.4 is 11.1 Å². The zero-order chi connectivity index (χ0) is 13.1. The first kappa shape index (κ1) is 13.2. The Morgan fingerprint density at radius 2 is 2.00 bits per heavy atom. The van der Waals surface area contributed by atoms with Crippen LogP contribution in [0.5, 0.6) is 0 Å². The van der Waals surface area contributed by atoms with Crippen LogP contribution in [0.15, 0.2) is 24.3 Å². The standard InChI is InChI=1S/C13H17N3O/c1-13(2,3)11(15)12(17)16-10-7-5-4-6-9(10)8-14/h4-7,11H,15H2,1-3H3,(H,16,17)/t11-/m0/s1. The summed E-state index contributed by atoms with van der Waals surface area (Å²) >= 11 is 0. The number of nitrogens with two attached hydrogens (primary N) is 1. The first-order chi connectivity index (χ1) is 7.86. The number of carbonyl (C=O) groups excluding carboxylic acids is 1. The molecule has 1 rings (SSSR count). The average molecular weight is 231 g/mol. The number of nitrogens with zero attached hydrogens (tertiary/aromatic N) is 1. The minimum Gasteiger partial charge on any atom is -0.324 e. The number of nitriles is 1. The second kappa shape index (κ2) is 4.98. The molecule has 3 N–H and O–H groups in total. The van der Waals surface area contributed by atoms with Gasteiger partial charge in [0.25, 0.3) is 0 Å². The van der Waals surface area contributed by atoms with Crippen LogP contribution in [0.2, 0.25) is 0 Å². The molecule has 0 aliphatic heterocycles. The Balaban J connectivity index is 2.86. The number of carbonyl (C=O) groups is 1. The summed E-state index contributed by atoms with van der Waals surface area (Å²) < 4.78 is 0. The topological polar surface area (TPSA) is 78.9 Å². The normalized spacial score (nSPS) is 12.6. The molecule has 1 aromatic carbocycles. The van der Waals surface area contributed by atoms with Crippen molar-refractivity contribution in [3.8, 4) is 6.07 Å². The molecule has 4 nitrogen and oxygen atoms in total. The zero-order valence-corrected chi connectivity index (χ0v) is 10.3. The molecule has 0 aliphatic rings. The van der Waals surface area contributed by atoms with E-state index in [1.807, 2.05) is 26.8 Å². The molecule has 0 saturated carbocycles. The maximum absolute atomic E-state index is 11.9. The maximum Gasteiger partial charge on any atom is 0.241 e. The average Bonchev–Trinajstić information content (AvgIpc) is 2.27. The van der Waals surface area contributed by atoms with Crippen LogP contribution in [0.1, 0.15) is 26.3 Å². The van der Waals surface area contributed by atoms with Gasteiger partial charge in [-0.3, -0.25) is 4.79 Å². The van der Waals surface area contributed by atoms with Crippen LogP contribution in [-0.2, 0) is 4.79 Å². The fourth-order valence-electron chi connectivity index (χ4n) is 1.29. The molecule has 0 spiro atoms. The maximum atomic E-state index is 11.9. The number of nitrogens with one attached hydrogen (secondary N) is 1. The predicted molar refractivity (Wildman–Crippen MR) is 67.2 cm³/mol. The van der Waals surface area contributed by atoms with Gasteiger partial charge in [-0.15, -0.1) is 0 Å². The van der Waals surface area contributed by atoms with Crippen molar-refractivity contribution in [2.45, 2.75) is 26.8 Å². The summed E-state index contributed by atoms with van der Waals surface area (Å²) in [5.74, 6) is -0.278. The molecular weight excluding hydrogens is 214 g/mol. The third kappa shape index (κ3) is 3.30. The highest BCUT2D eigenvalue weighted by Gasteiger charge is 2.27.